The highest BCUT2D eigenvalue weighted by atomic mass is 16.6. The van der Waals surface area contributed by atoms with E-state index in [1.165, 1.54) is 12.8 Å². The fraction of sp³-hybridized carbons (Fsp3) is 0.929. The van der Waals surface area contributed by atoms with Gasteiger partial charge < -0.3 is 19.7 Å². The normalized spacial score (nSPS) is 23.4. The van der Waals surface area contributed by atoms with E-state index < -0.39 is 0 Å². The number of rotatable bonds is 5. The van der Waals surface area contributed by atoms with Crippen molar-refractivity contribution in [3.8, 4) is 0 Å². The van der Waals surface area contributed by atoms with Crippen molar-refractivity contribution in [1.29, 1.82) is 0 Å². The van der Waals surface area contributed by atoms with Gasteiger partial charge in [0.25, 0.3) is 0 Å². The predicted molar refractivity (Wildman–Crippen MR) is 73.1 cm³/mol. The van der Waals surface area contributed by atoms with Gasteiger partial charge in [0, 0.05) is 19.1 Å². The van der Waals surface area contributed by atoms with Gasteiger partial charge >= 0.3 is 5.97 Å². The van der Waals surface area contributed by atoms with Crippen molar-refractivity contribution >= 4 is 5.97 Å². The van der Waals surface area contributed by atoms with Gasteiger partial charge in [-0.25, -0.2) is 4.79 Å². The lowest BCUT2D eigenvalue weighted by Crippen LogP contribution is -2.47. The zero-order valence-electron chi connectivity index (χ0n) is 11.9. The van der Waals surface area contributed by atoms with Crippen LogP contribution < -0.4 is 5.32 Å². The summed E-state index contributed by atoms with van der Waals surface area (Å²) in [5.74, 6) is -0.247. The molecule has 5 heteroatoms. The van der Waals surface area contributed by atoms with Crippen LogP contribution in [0.2, 0.25) is 0 Å². The molecule has 0 aromatic carbocycles. The molecule has 2 saturated heterocycles. The number of hydrogen-bond acceptors (Lipinski definition) is 5. The Bertz CT molecular complexity index is 272. The third-order valence-corrected chi connectivity index (χ3v) is 4.04. The molecule has 0 radical (unpaired) electrons. The summed E-state index contributed by atoms with van der Waals surface area (Å²) in [6, 6.07) is 0.743. The first-order valence-electron chi connectivity index (χ1n) is 7.51. The molecule has 0 saturated carbocycles. The highest BCUT2D eigenvalue weighted by Crippen LogP contribution is 2.20. The number of hydrogen-bond donors (Lipinski definition) is 1. The van der Waals surface area contributed by atoms with Gasteiger partial charge in [0.05, 0.1) is 12.7 Å². The molecular formula is C14H26N2O3. The average molecular weight is 270 g/mol. The fourth-order valence-corrected chi connectivity index (χ4v) is 2.97. The van der Waals surface area contributed by atoms with Gasteiger partial charge in [-0.15, -0.1) is 0 Å². The van der Waals surface area contributed by atoms with Crippen molar-refractivity contribution in [2.45, 2.75) is 44.8 Å². The van der Waals surface area contributed by atoms with E-state index in [0.29, 0.717) is 6.61 Å². The second kappa shape index (κ2) is 7.82. The van der Waals surface area contributed by atoms with Crippen LogP contribution >= 0.6 is 0 Å². The summed E-state index contributed by atoms with van der Waals surface area (Å²) in [6.07, 6.45) is 4.80. The monoisotopic (exact) mass is 270 g/mol. The lowest BCUT2D eigenvalue weighted by molar-refractivity contribution is -0.151. The molecule has 0 aromatic heterocycles. The lowest BCUT2D eigenvalue weighted by atomic mass is 10.00. The highest BCUT2D eigenvalue weighted by molar-refractivity contribution is 5.70. The number of piperidine rings is 2. The molecular weight excluding hydrogens is 244 g/mol. The van der Waals surface area contributed by atoms with Gasteiger partial charge in [0.2, 0.25) is 0 Å². The number of esters is 1. The van der Waals surface area contributed by atoms with E-state index in [0.717, 1.165) is 45.1 Å². The van der Waals surface area contributed by atoms with Crippen molar-refractivity contribution in [1.82, 2.24) is 10.2 Å². The standard InChI is InChI=1S/C14H26N2O3/c1-2-18-14(17)11-19-13-5-9-16(10-6-13)12-3-7-15-8-4-12/h12-13,15H,2-11H2,1H3. The first kappa shape index (κ1) is 14.8. The third kappa shape index (κ3) is 4.75. The minimum Gasteiger partial charge on any atom is -0.464 e. The van der Waals surface area contributed by atoms with E-state index in [-0.39, 0.29) is 18.7 Å². The molecule has 0 spiro atoms. The van der Waals surface area contributed by atoms with Crippen molar-refractivity contribution in [3.05, 3.63) is 0 Å². The number of nitrogens with one attached hydrogen (secondary N) is 1. The third-order valence-electron chi connectivity index (χ3n) is 4.04. The van der Waals surface area contributed by atoms with Crippen LogP contribution in [0, 0.1) is 0 Å². The SMILES string of the molecule is CCOC(=O)COC1CCN(C2CCNCC2)CC1. The molecule has 0 unspecified atom stereocenters. The van der Waals surface area contributed by atoms with Crippen LogP contribution in [0.5, 0.6) is 0 Å². The van der Waals surface area contributed by atoms with Crippen LogP contribution in [0.15, 0.2) is 0 Å². The van der Waals surface area contributed by atoms with E-state index in [4.69, 9.17) is 9.47 Å². The Morgan fingerprint density at radius 1 is 1.21 bits per heavy atom. The number of carbonyl (C=O) groups excluding carboxylic acids is 1. The zero-order valence-corrected chi connectivity index (χ0v) is 11.9. The molecule has 2 heterocycles. The minimum atomic E-state index is -0.247. The number of nitrogens with zero attached hydrogens (tertiary/aromatic N) is 1. The summed E-state index contributed by atoms with van der Waals surface area (Å²) in [6.45, 7) is 6.82. The van der Waals surface area contributed by atoms with Gasteiger partial charge in [-0.1, -0.05) is 0 Å². The van der Waals surface area contributed by atoms with E-state index in [1.54, 1.807) is 0 Å². The maximum atomic E-state index is 11.2. The average Bonchev–Trinajstić information content (AvgIpc) is 2.47. The molecule has 0 aliphatic carbocycles. The first-order chi connectivity index (χ1) is 9.29. The zero-order chi connectivity index (χ0) is 13.5. The minimum absolute atomic E-state index is 0.103. The van der Waals surface area contributed by atoms with Gasteiger partial charge in [0.1, 0.15) is 6.61 Å². The van der Waals surface area contributed by atoms with Crippen molar-refractivity contribution in [2.24, 2.45) is 0 Å². The molecule has 0 atom stereocenters. The maximum Gasteiger partial charge on any atom is 0.332 e. The molecule has 2 rings (SSSR count). The summed E-state index contributed by atoms with van der Waals surface area (Å²) < 4.78 is 10.5. The van der Waals surface area contributed by atoms with Crippen molar-refractivity contribution < 1.29 is 14.3 Å². The van der Waals surface area contributed by atoms with Gasteiger partial charge in [-0.3, -0.25) is 0 Å². The molecule has 19 heavy (non-hydrogen) atoms. The quantitative estimate of drug-likeness (QED) is 0.748. The highest BCUT2D eigenvalue weighted by Gasteiger charge is 2.26. The Hall–Kier alpha value is -0.650. The molecule has 2 aliphatic heterocycles. The lowest BCUT2D eigenvalue weighted by Gasteiger charge is -2.39. The van der Waals surface area contributed by atoms with Crippen LogP contribution in [0.3, 0.4) is 0 Å². The van der Waals surface area contributed by atoms with E-state index in [2.05, 4.69) is 10.2 Å². The molecule has 0 amide bonds. The summed E-state index contributed by atoms with van der Waals surface area (Å²) in [5.41, 5.74) is 0. The maximum absolute atomic E-state index is 11.2. The first-order valence-corrected chi connectivity index (χ1v) is 7.51. The van der Waals surface area contributed by atoms with Crippen molar-refractivity contribution in [3.63, 3.8) is 0 Å². The van der Waals surface area contributed by atoms with Gasteiger partial charge in [0.15, 0.2) is 0 Å². The molecule has 2 aliphatic rings. The van der Waals surface area contributed by atoms with E-state index in [1.807, 2.05) is 6.92 Å². The molecule has 2 fully saturated rings. The summed E-state index contributed by atoms with van der Waals surface area (Å²) in [7, 11) is 0. The van der Waals surface area contributed by atoms with Crippen LogP contribution in [0.4, 0.5) is 0 Å². The molecule has 0 bridgehead atoms. The number of ether oxygens (including phenoxy) is 2. The second-order valence-corrected chi connectivity index (χ2v) is 5.33. The Morgan fingerprint density at radius 2 is 1.89 bits per heavy atom. The largest absolute Gasteiger partial charge is 0.464 e. The molecule has 1 N–H and O–H groups in total. The van der Waals surface area contributed by atoms with Gasteiger partial charge in [-0.2, -0.15) is 0 Å². The number of likely N-dealkylation sites (tertiary alicyclic amines) is 1. The summed E-state index contributed by atoms with van der Waals surface area (Å²) >= 11 is 0. The van der Waals surface area contributed by atoms with E-state index >= 15 is 0 Å². The number of carbonyl (C=O) groups is 1. The Labute approximate surface area is 115 Å². The smallest absolute Gasteiger partial charge is 0.332 e. The van der Waals surface area contributed by atoms with Gasteiger partial charge in [-0.05, 0) is 45.7 Å². The second-order valence-electron chi connectivity index (χ2n) is 5.33. The fourth-order valence-electron chi connectivity index (χ4n) is 2.97. The molecule has 110 valence electrons. The van der Waals surface area contributed by atoms with Crippen molar-refractivity contribution in [2.75, 3.05) is 39.4 Å². The van der Waals surface area contributed by atoms with E-state index in [9.17, 15) is 4.79 Å². The Kier molecular flexibility index (Phi) is 6.07. The Morgan fingerprint density at radius 3 is 2.53 bits per heavy atom. The topological polar surface area (TPSA) is 50.8 Å². The van der Waals surface area contributed by atoms with Crippen LogP contribution in [0.25, 0.3) is 0 Å². The van der Waals surface area contributed by atoms with Crippen LogP contribution in [-0.4, -0.2) is 62.4 Å². The molecule has 5 nitrogen and oxygen atoms in total. The Balaban J connectivity index is 1.63. The molecule has 0 aromatic rings. The van der Waals surface area contributed by atoms with Crippen LogP contribution in [-0.2, 0) is 14.3 Å². The summed E-state index contributed by atoms with van der Waals surface area (Å²) in [5, 5.41) is 3.40. The predicted octanol–water partition coefficient (Wildman–Crippen LogP) is 0.783. The summed E-state index contributed by atoms with van der Waals surface area (Å²) in [4.78, 5) is 13.8. The van der Waals surface area contributed by atoms with Crippen LogP contribution in [0.1, 0.15) is 32.6 Å².